The number of carbonyl (C=O) groups excluding carboxylic acids is 1. The van der Waals surface area contributed by atoms with E-state index in [0.717, 1.165) is 24.9 Å². The van der Waals surface area contributed by atoms with Gasteiger partial charge < -0.3 is 14.7 Å². The summed E-state index contributed by atoms with van der Waals surface area (Å²) in [6, 6.07) is 13.5. The maximum Gasteiger partial charge on any atom is 0.263 e. The molecule has 0 bridgehead atoms. The number of nitrogens with one attached hydrogen (secondary N) is 1. The van der Waals surface area contributed by atoms with Crippen LogP contribution in [0.1, 0.15) is 18.4 Å². The van der Waals surface area contributed by atoms with Crippen LogP contribution in [-0.2, 0) is 11.3 Å². The van der Waals surface area contributed by atoms with Gasteiger partial charge in [0.2, 0.25) is 5.91 Å². The van der Waals surface area contributed by atoms with Gasteiger partial charge >= 0.3 is 0 Å². The monoisotopic (exact) mass is 465 g/mol. The van der Waals surface area contributed by atoms with Gasteiger partial charge in [0.1, 0.15) is 29.0 Å². The summed E-state index contributed by atoms with van der Waals surface area (Å²) in [7, 11) is 0. The number of fused-ring (bicyclic) bond motifs is 1. The normalized spacial score (nSPS) is 16.2. The number of benzene rings is 2. The first-order valence-electron chi connectivity index (χ1n) is 10.7. The molecule has 5 rings (SSSR count). The fourth-order valence-corrected chi connectivity index (χ4v) is 4.37. The van der Waals surface area contributed by atoms with E-state index in [1.165, 1.54) is 18.5 Å². The van der Waals surface area contributed by atoms with Crippen molar-refractivity contribution in [1.29, 1.82) is 0 Å². The molecule has 0 radical (unpaired) electrons. The molecule has 33 heavy (non-hydrogen) atoms. The Balaban J connectivity index is 1.37. The Morgan fingerprint density at radius 2 is 2.00 bits per heavy atom. The molecule has 0 spiro atoms. The molecule has 1 unspecified atom stereocenters. The Hall–Kier alpha value is -3.52. The van der Waals surface area contributed by atoms with Gasteiger partial charge in [0.15, 0.2) is 0 Å². The van der Waals surface area contributed by atoms with Crippen LogP contribution in [0, 0.1) is 11.7 Å². The first kappa shape index (κ1) is 21.3. The smallest absolute Gasteiger partial charge is 0.263 e. The van der Waals surface area contributed by atoms with Crippen LogP contribution in [0.2, 0.25) is 5.02 Å². The van der Waals surface area contributed by atoms with Crippen LogP contribution in [0.4, 0.5) is 10.2 Å². The Morgan fingerprint density at radius 3 is 2.82 bits per heavy atom. The lowest BCUT2D eigenvalue weighted by molar-refractivity contribution is -0.125. The molecule has 1 aliphatic rings. The molecule has 2 aromatic carbocycles. The summed E-state index contributed by atoms with van der Waals surface area (Å²) in [6.07, 6.45) is 3.05. The average Bonchev–Trinajstić information content (AvgIpc) is 3.28. The SMILES string of the molecule is O=C(NCc1ccccc1Cl)C1CCCN(c2ncnc3onc(-c4ccc(F)cc4)c23)C1. The second kappa shape index (κ2) is 9.15. The lowest BCUT2D eigenvalue weighted by atomic mass is 9.96. The molecule has 1 amide bonds. The van der Waals surface area contributed by atoms with Crippen LogP contribution in [0.15, 0.2) is 59.4 Å². The summed E-state index contributed by atoms with van der Waals surface area (Å²) in [5.41, 5.74) is 2.49. The van der Waals surface area contributed by atoms with Crippen LogP contribution in [0.5, 0.6) is 0 Å². The molecule has 1 N–H and O–H groups in total. The zero-order valence-electron chi connectivity index (χ0n) is 17.7. The molecular formula is C24H21ClFN5O2. The summed E-state index contributed by atoms with van der Waals surface area (Å²) in [4.78, 5) is 23.7. The summed E-state index contributed by atoms with van der Waals surface area (Å²) in [5, 5.41) is 8.45. The van der Waals surface area contributed by atoms with E-state index < -0.39 is 0 Å². The minimum absolute atomic E-state index is 0.0194. The molecule has 168 valence electrons. The van der Waals surface area contributed by atoms with E-state index in [0.29, 0.717) is 46.3 Å². The Bertz CT molecular complexity index is 1290. The maximum absolute atomic E-state index is 13.4. The van der Waals surface area contributed by atoms with E-state index in [4.69, 9.17) is 16.1 Å². The van der Waals surface area contributed by atoms with E-state index in [9.17, 15) is 9.18 Å². The van der Waals surface area contributed by atoms with E-state index in [1.807, 2.05) is 24.3 Å². The number of hydrogen-bond acceptors (Lipinski definition) is 6. The van der Waals surface area contributed by atoms with Crippen LogP contribution >= 0.6 is 11.6 Å². The highest BCUT2D eigenvalue weighted by Crippen LogP contribution is 2.34. The van der Waals surface area contributed by atoms with Crippen LogP contribution in [0.3, 0.4) is 0 Å². The van der Waals surface area contributed by atoms with Crippen molar-refractivity contribution in [3.63, 3.8) is 0 Å². The summed E-state index contributed by atoms with van der Waals surface area (Å²) in [6.45, 7) is 1.63. The fraction of sp³-hybridized carbons (Fsp3) is 0.250. The van der Waals surface area contributed by atoms with Crippen molar-refractivity contribution in [1.82, 2.24) is 20.4 Å². The van der Waals surface area contributed by atoms with Gasteiger partial charge in [-0.3, -0.25) is 4.79 Å². The van der Waals surface area contributed by atoms with Gasteiger partial charge in [0.05, 0.1) is 5.92 Å². The second-order valence-corrected chi connectivity index (χ2v) is 8.42. The van der Waals surface area contributed by atoms with E-state index >= 15 is 0 Å². The third kappa shape index (κ3) is 4.39. The van der Waals surface area contributed by atoms with E-state index in [1.54, 1.807) is 12.1 Å². The third-order valence-corrected chi connectivity index (χ3v) is 6.24. The minimum Gasteiger partial charge on any atom is -0.355 e. The van der Waals surface area contributed by atoms with Gasteiger partial charge in [-0.2, -0.15) is 4.98 Å². The number of anilines is 1. The molecular weight excluding hydrogens is 445 g/mol. The number of amides is 1. The topological polar surface area (TPSA) is 84.2 Å². The molecule has 1 saturated heterocycles. The first-order valence-corrected chi connectivity index (χ1v) is 11.1. The van der Waals surface area contributed by atoms with Crippen molar-refractivity contribution in [2.75, 3.05) is 18.0 Å². The van der Waals surface area contributed by atoms with Gasteiger partial charge in [-0.15, -0.1) is 0 Å². The quantitative estimate of drug-likeness (QED) is 0.463. The lowest BCUT2D eigenvalue weighted by Gasteiger charge is -2.33. The van der Waals surface area contributed by atoms with Crippen LogP contribution in [-0.4, -0.2) is 34.1 Å². The number of halogens is 2. The van der Waals surface area contributed by atoms with Crippen LogP contribution in [0.25, 0.3) is 22.4 Å². The van der Waals surface area contributed by atoms with Gasteiger partial charge in [-0.1, -0.05) is 35.0 Å². The van der Waals surface area contributed by atoms with Crippen molar-refractivity contribution in [2.45, 2.75) is 19.4 Å². The lowest BCUT2D eigenvalue weighted by Crippen LogP contribution is -2.43. The summed E-state index contributed by atoms with van der Waals surface area (Å²) >= 11 is 6.21. The van der Waals surface area contributed by atoms with Crippen molar-refractivity contribution >= 4 is 34.4 Å². The van der Waals surface area contributed by atoms with Gasteiger partial charge in [0, 0.05) is 30.2 Å². The molecule has 4 aromatic rings. The average molecular weight is 466 g/mol. The largest absolute Gasteiger partial charge is 0.355 e. The summed E-state index contributed by atoms with van der Waals surface area (Å²) in [5.74, 6) is 0.114. The molecule has 9 heteroatoms. The number of hydrogen-bond donors (Lipinski definition) is 1. The maximum atomic E-state index is 13.4. The van der Waals surface area contributed by atoms with Crippen molar-refractivity contribution in [2.24, 2.45) is 5.92 Å². The Morgan fingerprint density at radius 1 is 1.18 bits per heavy atom. The van der Waals surface area contributed by atoms with Gasteiger partial charge in [-0.05, 0) is 48.7 Å². The number of carbonyl (C=O) groups is 1. The zero-order chi connectivity index (χ0) is 22.8. The van der Waals surface area contributed by atoms with Crippen LogP contribution < -0.4 is 10.2 Å². The van der Waals surface area contributed by atoms with E-state index in [2.05, 4.69) is 25.3 Å². The number of rotatable bonds is 5. The van der Waals surface area contributed by atoms with Gasteiger partial charge in [0.25, 0.3) is 5.71 Å². The fourth-order valence-electron chi connectivity index (χ4n) is 4.17. The number of aromatic nitrogens is 3. The molecule has 1 aliphatic heterocycles. The molecule has 1 fully saturated rings. The van der Waals surface area contributed by atoms with Crippen molar-refractivity contribution in [3.8, 4) is 11.3 Å². The molecule has 0 aliphatic carbocycles. The highest BCUT2D eigenvalue weighted by atomic mass is 35.5. The summed E-state index contributed by atoms with van der Waals surface area (Å²) < 4.78 is 18.8. The minimum atomic E-state index is -0.329. The van der Waals surface area contributed by atoms with Crippen molar-refractivity contribution in [3.05, 3.63) is 71.3 Å². The molecule has 3 heterocycles. The Labute approximate surface area is 194 Å². The zero-order valence-corrected chi connectivity index (χ0v) is 18.4. The highest BCUT2D eigenvalue weighted by Gasteiger charge is 2.29. The Kier molecular flexibility index (Phi) is 5.92. The highest BCUT2D eigenvalue weighted by molar-refractivity contribution is 6.31. The first-order chi connectivity index (χ1) is 16.1. The predicted molar refractivity (Wildman–Crippen MR) is 123 cm³/mol. The second-order valence-electron chi connectivity index (χ2n) is 8.01. The van der Waals surface area contributed by atoms with Crippen molar-refractivity contribution < 1.29 is 13.7 Å². The molecule has 1 atom stereocenters. The molecule has 7 nitrogen and oxygen atoms in total. The van der Waals surface area contributed by atoms with E-state index in [-0.39, 0.29) is 17.6 Å². The molecule has 0 saturated carbocycles. The molecule has 2 aromatic heterocycles. The number of nitrogens with zero attached hydrogens (tertiary/aromatic N) is 4. The third-order valence-electron chi connectivity index (χ3n) is 5.87. The van der Waals surface area contributed by atoms with Gasteiger partial charge in [-0.25, -0.2) is 9.37 Å². The number of piperidine rings is 1. The standard InChI is InChI=1S/C24H21ClFN5O2/c25-19-6-2-1-4-16(19)12-27-23(32)17-5-3-11-31(13-17)22-20-21(15-7-9-18(26)10-8-15)30-33-24(20)29-14-28-22/h1-2,4,6-10,14,17H,3,5,11-13H2,(H,27,32). The predicted octanol–water partition coefficient (Wildman–Crippen LogP) is 4.61.